The van der Waals surface area contributed by atoms with E-state index in [-0.39, 0.29) is 24.4 Å². The Morgan fingerprint density at radius 1 is 1.18 bits per heavy atom. The molecule has 1 aliphatic heterocycles. The van der Waals surface area contributed by atoms with Crippen molar-refractivity contribution in [3.05, 3.63) is 29.6 Å². The second kappa shape index (κ2) is 7.59. The third-order valence-corrected chi connectivity index (χ3v) is 5.46. The Morgan fingerprint density at radius 2 is 1.93 bits per heavy atom. The number of rotatable bonds is 6. The number of hydrogen-bond acceptors (Lipinski definition) is 5. The minimum absolute atomic E-state index is 0.0440. The van der Waals surface area contributed by atoms with Crippen molar-refractivity contribution in [2.45, 2.75) is 25.8 Å². The van der Waals surface area contributed by atoms with E-state index >= 15 is 0 Å². The monoisotopic (exact) mass is 399 g/mol. The molecule has 28 heavy (non-hydrogen) atoms. The molecule has 0 atom stereocenters. The van der Waals surface area contributed by atoms with E-state index < -0.39 is 0 Å². The van der Waals surface area contributed by atoms with Crippen LogP contribution in [0.5, 0.6) is 0 Å². The van der Waals surface area contributed by atoms with Crippen molar-refractivity contribution in [2.75, 3.05) is 30.3 Å². The minimum Gasteiger partial charge on any atom is -0.326 e. The minimum atomic E-state index is -0.243. The van der Waals surface area contributed by atoms with Gasteiger partial charge in [-0.25, -0.2) is 9.78 Å². The van der Waals surface area contributed by atoms with Crippen molar-refractivity contribution in [2.24, 2.45) is 0 Å². The predicted octanol–water partition coefficient (Wildman–Crippen LogP) is 2.61. The summed E-state index contributed by atoms with van der Waals surface area (Å²) in [6.45, 7) is 2.80. The van der Waals surface area contributed by atoms with E-state index in [0.717, 1.165) is 29.8 Å². The quantitative estimate of drug-likeness (QED) is 0.781. The molecule has 1 aromatic carbocycles. The smallest absolute Gasteiger partial charge is 0.320 e. The van der Waals surface area contributed by atoms with Gasteiger partial charge in [0.05, 0.1) is 5.69 Å². The average molecular weight is 399 g/mol. The molecule has 2 aliphatic rings. The molecule has 1 aromatic heterocycles. The molecular formula is C19H21N5O3S. The lowest BCUT2D eigenvalue weighted by molar-refractivity contribution is -0.116. The average Bonchev–Trinajstić information content (AvgIpc) is 3.29. The number of aromatic nitrogens is 1. The number of anilines is 2. The Kier molecular flexibility index (Phi) is 4.99. The normalized spacial score (nSPS) is 16.4. The van der Waals surface area contributed by atoms with Gasteiger partial charge in [-0.15, -0.1) is 11.3 Å². The molecule has 1 saturated carbocycles. The van der Waals surface area contributed by atoms with Crippen LogP contribution in [-0.4, -0.2) is 58.3 Å². The van der Waals surface area contributed by atoms with Crippen LogP contribution in [0, 0.1) is 0 Å². The summed E-state index contributed by atoms with van der Waals surface area (Å²) in [5.74, 6) is -0.365. The molecule has 0 unspecified atom stereocenters. The van der Waals surface area contributed by atoms with Crippen molar-refractivity contribution in [3.8, 4) is 11.3 Å². The SMILES string of the molecule is CC(=O)Nc1ccc(-c2csc(NC(=O)CN3CCN(C4CC4)C3=O)n2)cc1. The molecule has 2 aromatic rings. The highest BCUT2D eigenvalue weighted by Crippen LogP contribution is 2.30. The van der Waals surface area contributed by atoms with E-state index in [1.165, 1.54) is 18.3 Å². The van der Waals surface area contributed by atoms with E-state index in [0.29, 0.717) is 24.3 Å². The Labute approximate surface area is 166 Å². The molecule has 8 nitrogen and oxygen atoms in total. The van der Waals surface area contributed by atoms with Gasteiger partial charge in [-0.05, 0) is 25.0 Å². The Morgan fingerprint density at radius 3 is 2.61 bits per heavy atom. The topological polar surface area (TPSA) is 94.6 Å². The Bertz CT molecular complexity index is 907. The Balaban J connectivity index is 1.33. The standard InChI is InChI=1S/C19H21N5O3S/c1-12(25)20-14-4-2-13(3-5-14)16-11-28-18(21-16)22-17(26)10-23-8-9-24(19(23)27)15-6-7-15/h2-5,11,15H,6-10H2,1H3,(H,20,25)(H,21,22,26). The van der Waals surface area contributed by atoms with Crippen molar-refractivity contribution in [1.82, 2.24) is 14.8 Å². The molecule has 4 amide bonds. The lowest BCUT2D eigenvalue weighted by Crippen LogP contribution is -2.37. The van der Waals surface area contributed by atoms with Gasteiger partial charge < -0.3 is 20.4 Å². The van der Waals surface area contributed by atoms with Gasteiger partial charge in [0.15, 0.2) is 5.13 Å². The van der Waals surface area contributed by atoms with Crippen LogP contribution in [-0.2, 0) is 9.59 Å². The van der Waals surface area contributed by atoms with Crippen LogP contribution < -0.4 is 10.6 Å². The van der Waals surface area contributed by atoms with E-state index in [1.54, 1.807) is 17.0 Å². The van der Waals surface area contributed by atoms with Crippen LogP contribution in [0.2, 0.25) is 0 Å². The zero-order chi connectivity index (χ0) is 19.7. The first-order chi connectivity index (χ1) is 13.5. The number of benzene rings is 1. The summed E-state index contributed by atoms with van der Waals surface area (Å²) in [6, 6.07) is 7.66. The van der Waals surface area contributed by atoms with Crippen molar-refractivity contribution >= 4 is 40.0 Å². The van der Waals surface area contributed by atoms with E-state index in [9.17, 15) is 14.4 Å². The largest absolute Gasteiger partial charge is 0.326 e. The number of nitrogens with zero attached hydrogens (tertiary/aromatic N) is 3. The van der Waals surface area contributed by atoms with E-state index in [4.69, 9.17) is 0 Å². The van der Waals surface area contributed by atoms with Gasteiger partial charge in [-0.2, -0.15) is 0 Å². The molecule has 1 saturated heterocycles. The third kappa shape index (κ3) is 4.14. The van der Waals surface area contributed by atoms with Gasteiger partial charge in [0.1, 0.15) is 6.54 Å². The van der Waals surface area contributed by atoms with Gasteiger partial charge in [-0.1, -0.05) is 12.1 Å². The van der Waals surface area contributed by atoms with E-state index in [2.05, 4.69) is 15.6 Å². The first-order valence-corrected chi connectivity index (χ1v) is 10.1. The second-order valence-corrected chi connectivity index (χ2v) is 7.83. The van der Waals surface area contributed by atoms with Crippen LogP contribution in [0.3, 0.4) is 0 Å². The summed E-state index contributed by atoms with van der Waals surface area (Å²) in [4.78, 5) is 43.6. The van der Waals surface area contributed by atoms with Crippen LogP contribution in [0.1, 0.15) is 19.8 Å². The molecule has 4 rings (SSSR count). The van der Waals surface area contributed by atoms with Crippen molar-refractivity contribution < 1.29 is 14.4 Å². The maximum Gasteiger partial charge on any atom is 0.320 e. The highest BCUT2D eigenvalue weighted by molar-refractivity contribution is 7.14. The summed E-state index contributed by atoms with van der Waals surface area (Å²) in [7, 11) is 0. The van der Waals surface area contributed by atoms with E-state index in [1.807, 2.05) is 22.4 Å². The molecular weight excluding hydrogens is 378 g/mol. The number of nitrogens with one attached hydrogen (secondary N) is 2. The van der Waals surface area contributed by atoms with Gasteiger partial charge >= 0.3 is 6.03 Å². The first-order valence-electron chi connectivity index (χ1n) is 9.18. The predicted molar refractivity (Wildman–Crippen MR) is 107 cm³/mol. The molecule has 0 bridgehead atoms. The fraction of sp³-hybridized carbons (Fsp3) is 0.368. The third-order valence-electron chi connectivity index (χ3n) is 4.70. The highest BCUT2D eigenvalue weighted by atomic mass is 32.1. The van der Waals surface area contributed by atoms with Crippen LogP contribution in [0.4, 0.5) is 15.6 Å². The van der Waals surface area contributed by atoms with Crippen LogP contribution in [0.15, 0.2) is 29.6 Å². The number of thiazole rings is 1. The molecule has 0 spiro atoms. The molecule has 1 aliphatic carbocycles. The maximum absolute atomic E-state index is 12.3. The molecule has 9 heteroatoms. The fourth-order valence-corrected chi connectivity index (χ4v) is 3.93. The lowest BCUT2D eigenvalue weighted by atomic mass is 10.1. The van der Waals surface area contributed by atoms with Gasteiger partial charge in [0, 0.05) is 42.7 Å². The molecule has 2 N–H and O–H groups in total. The maximum atomic E-state index is 12.3. The van der Waals surface area contributed by atoms with Gasteiger partial charge in [0.25, 0.3) is 0 Å². The summed E-state index contributed by atoms with van der Waals surface area (Å²) in [5, 5.41) is 7.85. The number of urea groups is 1. The molecule has 0 radical (unpaired) electrons. The zero-order valence-electron chi connectivity index (χ0n) is 15.5. The molecule has 146 valence electrons. The lowest BCUT2D eigenvalue weighted by Gasteiger charge is -2.17. The van der Waals surface area contributed by atoms with Crippen molar-refractivity contribution in [3.63, 3.8) is 0 Å². The highest BCUT2D eigenvalue weighted by Gasteiger charge is 2.39. The van der Waals surface area contributed by atoms with Crippen LogP contribution in [0.25, 0.3) is 11.3 Å². The summed E-state index contributed by atoms with van der Waals surface area (Å²) < 4.78 is 0. The number of carbonyl (C=O) groups is 3. The zero-order valence-corrected chi connectivity index (χ0v) is 16.3. The van der Waals surface area contributed by atoms with Gasteiger partial charge in [-0.3, -0.25) is 9.59 Å². The Hall–Kier alpha value is -2.94. The molecule has 2 heterocycles. The van der Waals surface area contributed by atoms with Crippen LogP contribution >= 0.6 is 11.3 Å². The summed E-state index contributed by atoms with van der Waals surface area (Å²) in [5.41, 5.74) is 2.35. The molecule has 2 fully saturated rings. The fourth-order valence-electron chi connectivity index (χ4n) is 3.20. The van der Waals surface area contributed by atoms with Gasteiger partial charge in [0.2, 0.25) is 11.8 Å². The number of amides is 4. The summed E-state index contributed by atoms with van der Waals surface area (Å²) in [6.07, 6.45) is 2.14. The van der Waals surface area contributed by atoms with Crippen molar-refractivity contribution in [1.29, 1.82) is 0 Å². The first kappa shape index (κ1) is 18.4. The second-order valence-electron chi connectivity index (χ2n) is 6.97. The number of hydrogen-bond donors (Lipinski definition) is 2. The number of carbonyl (C=O) groups excluding carboxylic acids is 3. The summed E-state index contributed by atoms with van der Waals surface area (Å²) >= 11 is 1.34.